The molecule has 150 valence electrons. The van der Waals surface area contributed by atoms with Crippen LogP contribution in [0.4, 0.5) is 10.5 Å². The second kappa shape index (κ2) is 10.5. The van der Waals surface area contributed by atoms with E-state index in [1.54, 1.807) is 25.1 Å². The second-order valence-electron chi connectivity index (χ2n) is 7.21. The van der Waals surface area contributed by atoms with Crippen molar-refractivity contribution in [1.82, 2.24) is 10.6 Å². The van der Waals surface area contributed by atoms with Gasteiger partial charge in [0.15, 0.2) is 0 Å². The minimum Gasteiger partial charge on any atom is -0.450 e. The van der Waals surface area contributed by atoms with Crippen molar-refractivity contribution in [3.8, 4) is 0 Å². The quantitative estimate of drug-likeness (QED) is 0.648. The number of hydrogen-bond donors (Lipinski definition) is 3. The van der Waals surface area contributed by atoms with Gasteiger partial charge in [-0.3, -0.25) is 9.59 Å². The molecule has 7 heteroatoms. The Labute approximate surface area is 161 Å². The van der Waals surface area contributed by atoms with Gasteiger partial charge < -0.3 is 20.7 Å². The molecule has 27 heavy (non-hydrogen) atoms. The molecule has 1 atom stereocenters. The molecule has 1 rings (SSSR count). The van der Waals surface area contributed by atoms with Gasteiger partial charge in [-0.1, -0.05) is 27.7 Å². The first-order chi connectivity index (χ1) is 12.6. The molecular formula is C20H31N3O4. The Morgan fingerprint density at radius 2 is 1.78 bits per heavy atom. The van der Waals surface area contributed by atoms with Crippen LogP contribution in [0.25, 0.3) is 0 Å². The minimum atomic E-state index is -0.725. The summed E-state index contributed by atoms with van der Waals surface area (Å²) in [5.74, 6) is -0.226. The number of carbonyl (C=O) groups is 3. The van der Waals surface area contributed by atoms with Gasteiger partial charge in [0.05, 0.1) is 6.61 Å². The third-order valence-corrected chi connectivity index (χ3v) is 3.92. The highest BCUT2D eigenvalue weighted by Gasteiger charge is 2.25. The lowest BCUT2D eigenvalue weighted by molar-refractivity contribution is -0.119. The van der Waals surface area contributed by atoms with Crippen LogP contribution in [0.15, 0.2) is 18.2 Å². The third-order valence-electron chi connectivity index (χ3n) is 3.92. The fourth-order valence-corrected chi connectivity index (χ4v) is 2.39. The van der Waals surface area contributed by atoms with Crippen LogP contribution in [0.2, 0.25) is 0 Å². The molecule has 3 amide bonds. The van der Waals surface area contributed by atoms with Gasteiger partial charge in [-0.15, -0.1) is 0 Å². The SMILES string of the molecule is CCOC(=O)NC(C(=O)Nc1ccc(C(=O)NCC(C)C)cc1C)C(C)C. The summed E-state index contributed by atoms with van der Waals surface area (Å²) in [6.45, 7) is 12.1. The van der Waals surface area contributed by atoms with Gasteiger partial charge >= 0.3 is 6.09 Å². The first-order valence-electron chi connectivity index (χ1n) is 9.28. The molecule has 0 spiro atoms. The molecule has 3 N–H and O–H groups in total. The summed E-state index contributed by atoms with van der Waals surface area (Å²) in [7, 11) is 0. The van der Waals surface area contributed by atoms with E-state index >= 15 is 0 Å². The highest BCUT2D eigenvalue weighted by atomic mass is 16.5. The van der Waals surface area contributed by atoms with Crippen LogP contribution in [0, 0.1) is 18.8 Å². The van der Waals surface area contributed by atoms with Gasteiger partial charge in [0.2, 0.25) is 5.91 Å². The number of aryl methyl sites for hydroxylation is 1. The topological polar surface area (TPSA) is 96.5 Å². The molecule has 0 saturated heterocycles. The summed E-state index contributed by atoms with van der Waals surface area (Å²) in [6, 6.07) is 4.37. The number of hydrogen-bond acceptors (Lipinski definition) is 4. The van der Waals surface area contributed by atoms with Crippen molar-refractivity contribution >= 4 is 23.6 Å². The average molecular weight is 377 g/mol. The van der Waals surface area contributed by atoms with Crippen LogP contribution in [-0.2, 0) is 9.53 Å². The zero-order chi connectivity index (χ0) is 20.6. The Hall–Kier alpha value is -2.57. The Morgan fingerprint density at radius 3 is 2.30 bits per heavy atom. The van der Waals surface area contributed by atoms with Crippen molar-refractivity contribution in [2.24, 2.45) is 11.8 Å². The monoisotopic (exact) mass is 377 g/mol. The van der Waals surface area contributed by atoms with Crippen LogP contribution >= 0.6 is 0 Å². The second-order valence-corrected chi connectivity index (χ2v) is 7.21. The molecule has 7 nitrogen and oxygen atoms in total. The fourth-order valence-electron chi connectivity index (χ4n) is 2.39. The van der Waals surface area contributed by atoms with E-state index in [9.17, 15) is 14.4 Å². The molecule has 0 aromatic heterocycles. The number of amides is 3. The number of alkyl carbamates (subject to hydrolysis) is 1. The van der Waals surface area contributed by atoms with Gasteiger partial charge in [-0.25, -0.2) is 4.79 Å². The molecule has 1 unspecified atom stereocenters. The van der Waals surface area contributed by atoms with E-state index in [0.29, 0.717) is 23.7 Å². The maximum atomic E-state index is 12.6. The van der Waals surface area contributed by atoms with E-state index in [4.69, 9.17) is 4.74 Å². The van der Waals surface area contributed by atoms with Crippen molar-refractivity contribution in [3.05, 3.63) is 29.3 Å². The van der Waals surface area contributed by atoms with E-state index in [1.165, 1.54) is 0 Å². The Balaban J connectivity index is 2.83. The molecule has 0 radical (unpaired) electrons. The lowest BCUT2D eigenvalue weighted by Gasteiger charge is -2.22. The van der Waals surface area contributed by atoms with Crippen LogP contribution in [0.5, 0.6) is 0 Å². The molecule has 0 bridgehead atoms. The predicted molar refractivity (Wildman–Crippen MR) is 106 cm³/mol. The van der Waals surface area contributed by atoms with Gasteiger partial charge in [0.1, 0.15) is 6.04 Å². The first-order valence-corrected chi connectivity index (χ1v) is 9.28. The molecule has 0 heterocycles. The fraction of sp³-hybridized carbons (Fsp3) is 0.550. The third kappa shape index (κ3) is 7.29. The van der Waals surface area contributed by atoms with Gasteiger partial charge in [-0.2, -0.15) is 0 Å². The summed E-state index contributed by atoms with van der Waals surface area (Å²) in [6.07, 6.45) is -0.625. The Bertz CT molecular complexity index is 671. The van der Waals surface area contributed by atoms with E-state index in [0.717, 1.165) is 5.56 Å². The molecule has 1 aromatic carbocycles. The Kier molecular flexibility index (Phi) is 8.78. The van der Waals surface area contributed by atoms with Crippen LogP contribution in [0.3, 0.4) is 0 Å². The van der Waals surface area contributed by atoms with Crippen LogP contribution in [-0.4, -0.2) is 37.1 Å². The van der Waals surface area contributed by atoms with Crippen LogP contribution < -0.4 is 16.0 Å². The summed E-state index contributed by atoms with van der Waals surface area (Å²) < 4.78 is 4.85. The lowest BCUT2D eigenvalue weighted by atomic mass is 10.0. The highest BCUT2D eigenvalue weighted by Crippen LogP contribution is 2.18. The number of rotatable bonds is 8. The zero-order valence-corrected chi connectivity index (χ0v) is 17.0. The summed E-state index contributed by atoms with van der Waals surface area (Å²) in [4.78, 5) is 36.4. The Morgan fingerprint density at radius 1 is 1.11 bits per heavy atom. The van der Waals surface area contributed by atoms with E-state index < -0.39 is 12.1 Å². The number of nitrogens with one attached hydrogen (secondary N) is 3. The summed E-state index contributed by atoms with van der Waals surface area (Å²) in [5, 5.41) is 8.26. The van der Waals surface area contributed by atoms with Gasteiger partial charge in [0, 0.05) is 17.8 Å². The molecular weight excluding hydrogens is 346 g/mol. The van der Waals surface area contributed by atoms with E-state index in [-0.39, 0.29) is 24.3 Å². The standard InChI is InChI=1S/C20H31N3O4/c1-7-27-20(26)23-17(13(4)5)19(25)22-16-9-8-15(10-14(16)6)18(24)21-11-12(2)3/h8-10,12-13,17H,7,11H2,1-6H3,(H,21,24)(H,22,25)(H,23,26). The normalized spacial score (nSPS) is 11.9. The summed E-state index contributed by atoms with van der Waals surface area (Å²) in [5.41, 5.74) is 1.90. The smallest absolute Gasteiger partial charge is 0.407 e. The van der Waals surface area contributed by atoms with E-state index in [2.05, 4.69) is 16.0 Å². The number of anilines is 1. The molecule has 0 aliphatic rings. The molecule has 0 aliphatic carbocycles. The van der Waals surface area contributed by atoms with Crippen LogP contribution in [0.1, 0.15) is 50.5 Å². The van der Waals surface area contributed by atoms with Crippen molar-refractivity contribution < 1.29 is 19.1 Å². The predicted octanol–water partition coefficient (Wildman–Crippen LogP) is 3.09. The number of carbonyl (C=O) groups excluding carboxylic acids is 3. The largest absolute Gasteiger partial charge is 0.450 e. The maximum Gasteiger partial charge on any atom is 0.407 e. The van der Waals surface area contributed by atoms with Crippen molar-refractivity contribution in [3.63, 3.8) is 0 Å². The van der Waals surface area contributed by atoms with Crippen molar-refractivity contribution in [2.75, 3.05) is 18.5 Å². The zero-order valence-electron chi connectivity index (χ0n) is 17.0. The molecule has 1 aromatic rings. The van der Waals surface area contributed by atoms with Gasteiger partial charge in [-0.05, 0) is 49.4 Å². The number of ether oxygens (including phenoxy) is 1. The number of benzene rings is 1. The minimum absolute atomic E-state index is 0.115. The highest BCUT2D eigenvalue weighted by molar-refractivity contribution is 5.99. The van der Waals surface area contributed by atoms with E-state index in [1.807, 2.05) is 34.6 Å². The van der Waals surface area contributed by atoms with Gasteiger partial charge in [0.25, 0.3) is 5.91 Å². The lowest BCUT2D eigenvalue weighted by Crippen LogP contribution is -2.47. The van der Waals surface area contributed by atoms with Crippen molar-refractivity contribution in [2.45, 2.75) is 47.6 Å². The molecule has 0 fully saturated rings. The summed E-state index contributed by atoms with van der Waals surface area (Å²) >= 11 is 0. The molecule has 0 aliphatic heterocycles. The van der Waals surface area contributed by atoms with Crippen molar-refractivity contribution in [1.29, 1.82) is 0 Å². The maximum absolute atomic E-state index is 12.6. The average Bonchev–Trinajstić information content (AvgIpc) is 2.59. The first kappa shape index (κ1) is 22.5. The molecule has 0 saturated carbocycles.